The number of hydrogen-bond donors (Lipinski definition) is 1. The molecule has 0 bridgehead atoms. The van der Waals surface area contributed by atoms with Crippen LogP contribution in [-0.4, -0.2) is 61.7 Å². The molecule has 18 heavy (non-hydrogen) atoms. The summed E-state index contributed by atoms with van der Waals surface area (Å²) < 4.78 is 16.5. The molecule has 0 saturated heterocycles. The maximum atomic E-state index is 10.7. The Labute approximate surface area is 116 Å². The lowest BCUT2D eigenvalue weighted by Gasteiger charge is -2.29. The van der Waals surface area contributed by atoms with E-state index >= 15 is 0 Å². The highest BCUT2D eigenvalue weighted by molar-refractivity contribution is 6.73. The molecule has 0 rings (SSSR count). The fraction of sp³-hybridized carbons (Fsp3) is 0.700. The molecule has 0 aromatic carbocycles. The van der Waals surface area contributed by atoms with E-state index in [9.17, 15) is 4.79 Å². The van der Waals surface area contributed by atoms with Gasteiger partial charge in [-0.15, -0.1) is 0 Å². The monoisotopic (exact) mass is 308 g/mol. The van der Waals surface area contributed by atoms with Crippen molar-refractivity contribution in [3.8, 4) is 0 Å². The summed E-state index contributed by atoms with van der Waals surface area (Å²) >= 11 is 0. The van der Waals surface area contributed by atoms with Crippen LogP contribution in [0.1, 0.15) is 19.8 Å². The van der Waals surface area contributed by atoms with Gasteiger partial charge in [-0.3, -0.25) is 0 Å². The van der Waals surface area contributed by atoms with Gasteiger partial charge < -0.3 is 18.4 Å². The van der Waals surface area contributed by atoms with E-state index in [4.69, 9.17) is 18.4 Å². The number of carboxylic acid groups (broad SMARTS) is 1. The molecular weight excluding hydrogens is 284 g/mol. The zero-order valence-corrected chi connectivity index (χ0v) is 15.9. The highest BCUT2D eigenvalue weighted by atomic mass is 28.4. The summed E-state index contributed by atoms with van der Waals surface area (Å²) in [6.45, 7) is 1.62. The van der Waals surface area contributed by atoms with Crippen molar-refractivity contribution >= 4 is 35.3 Å². The second-order valence-electron chi connectivity index (χ2n) is 4.53. The standard InChI is InChI=1S/C10H24O5Si3/c1-8(9(11)12)6-5-7-10(16-13-2,17-14-3)18-15-4/h6H,5,7,16-18H2,1-4H3,(H,11,12). The van der Waals surface area contributed by atoms with Crippen LogP contribution < -0.4 is 0 Å². The van der Waals surface area contributed by atoms with Gasteiger partial charge in [-0.2, -0.15) is 0 Å². The quantitative estimate of drug-likeness (QED) is 0.417. The minimum atomic E-state index is -0.849. The summed E-state index contributed by atoms with van der Waals surface area (Å²) in [7, 11) is 3.25. The molecular formula is C10H24O5Si3. The smallest absolute Gasteiger partial charge is 0.330 e. The molecule has 8 heteroatoms. The van der Waals surface area contributed by atoms with Crippen molar-refractivity contribution in [1.82, 2.24) is 0 Å². The minimum Gasteiger partial charge on any atom is -0.478 e. The van der Waals surface area contributed by atoms with Gasteiger partial charge in [0, 0.05) is 31.2 Å². The molecule has 0 atom stereocenters. The van der Waals surface area contributed by atoms with Crippen molar-refractivity contribution in [3.63, 3.8) is 0 Å². The van der Waals surface area contributed by atoms with Crippen LogP contribution in [0.15, 0.2) is 11.6 Å². The number of carbonyl (C=O) groups is 1. The third-order valence-corrected chi connectivity index (χ3v) is 10.3. The number of aliphatic carboxylic acids is 1. The third kappa shape index (κ3) is 6.61. The molecule has 0 radical (unpaired) electrons. The Morgan fingerprint density at radius 1 is 1.17 bits per heavy atom. The van der Waals surface area contributed by atoms with Crippen LogP contribution in [-0.2, 0) is 18.1 Å². The Morgan fingerprint density at radius 3 is 1.94 bits per heavy atom. The maximum absolute atomic E-state index is 10.7. The van der Waals surface area contributed by atoms with E-state index in [1.165, 1.54) is 0 Å². The summed E-state index contributed by atoms with van der Waals surface area (Å²) in [6.07, 6.45) is 3.49. The molecule has 0 saturated carbocycles. The van der Waals surface area contributed by atoms with E-state index in [0.29, 0.717) is 5.57 Å². The highest BCUT2D eigenvalue weighted by Crippen LogP contribution is 2.29. The minimum absolute atomic E-state index is 0.188. The predicted octanol–water partition coefficient (Wildman–Crippen LogP) is -0.938. The first-order valence-corrected chi connectivity index (χ1v) is 9.73. The van der Waals surface area contributed by atoms with E-state index < -0.39 is 35.3 Å². The third-order valence-electron chi connectivity index (χ3n) is 2.81. The van der Waals surface area contributed by atoms with Crippen LogP contribution >= 0.6 is 0 Å². The van der Waals surface area contributed by atoms with E-state index in [2.05, 4.69) is 0 Å². The molecule has 106 valence electrons. The van der Waals surface area contributed by atoms with Crippen LogP contribution in [0.3, 0.4) is 0 Å². The molecule has 0 aromatic heterocycles. The molecule has 0 fully saturated rings. The Kier molecular flexibility index (Phi) is 9.50. The average molecular weight is 309 g/mol. The molecule has 0 aliphatic heterocycles. The van der Waals surface area contributed by atoms with Crippen molar-refractivity contribution in [2.75, 3.05) is 21.3 Å². The first-order valence-electron chi connectivity index (χ1n) is 5.88. The van der Waals surface area contributed by atoms with Crippen LogP contribution in [0.2, 0.25) is 4.28 Å². The maximum Gasteiger partial charge on any atom is 0.330 e. The van der Waals surface area contributed by atoms with Gasteiger partial charge in [0.25, 0.3) is 0 Å². The van der Waals surface area contributed by atoms with Crippen molar-refractivity contribution in [3.05, 3.63) is 11.6 Å². The SMILES string of the molecule is CO[SiH2]C(CCC=C(C)C(=O)O)([SiH2]OC)[SiH2]OC. The number of rotatable bonds is 10. The largest absolute Gasteiger partial charge is 0.478 e. The Balaban J connectivity index is 4.56. The summed E-state index contributed by atoms with van der Waals surface area (Å²) in [4.78, 5) is 10.7. The number of allylic oxidation sites excluding steroid dienone is 1. The molecule has 0 amide bonds. The Bertz CT molecular complexity index is 266. The van der Waals surface area contributed by atoms with Gasteiger partial charge in [0.15, 0.2) is 29.3 Å². The Hall–Kier alpha value is -0.259. The molecule has 0 aliphatic rings. The number of carboxylic acids is 1. The van der Waals surface area contributed by atoms with Gasteiger partial charge >= 0.3 is 5.97 Å². The summed E-state index contributed by atoms with van der Waals surface area (Å²) in [5.74, 6) is -0.849. The predicted molar refractivity (Wildman–Crippen MR) is 80.0 cm³/mol. The zero-order chi connectivity index (χ0) is 14.0. The van der Waals surface area contributed by atoms with E-state index in [0.717, 1.165) is 12.8 Å². The fourth-order valence-corrected chi connectivity index (χ4v) is 9.50. The first-order chi connectivity index (χ1) is 8.51. The molecule has 5 nitrogen and oxygen atoms in total. The van der Waals surface area contributed by atoms with E-state index in [-0.39, 0.29) is 4.28 Å². The zero-order valence-electron chi connectivity index (χ0n) is 11.7. The van der Waals surface area contributed by atoms with Crippen molar-refractivity contribution in [2.45, 2.75) is 24.1 Å². The van der Waals surface area contributed by atoms with E-state index in [1.807, 2.05) is 0 Å². The van der Waals surface area contributed by atoms with Crippen LogP contribution in [0.4, 0.5) is 0 Å². The van der Waals surface area contributed by atoms with Gasteiger partial charge in [-0.1, -0.05) is 6.08 Å². The van der Waals surface area contributed by atoms with Crippen LogP contribution in [0.5, 0.6) is 0 Å². The molecule has 0 spiro atoms. The molecule has 0 aliphatic carbocycles. The van der Waals surface area contributed by atoms with Gasteiger partial charge in [0.1, 0.15) is 0 Å². The van der Waals surface area contributed by atoms with Gasteiger partial charge in [-0.05, 0) is 19.8 Å². The molecule has 0 unspecified atom stereocenters. The second kappa shape index (κ2) is 9.64. The lowest BCUT2D eigenvalue weighted by Crippen LogP contribution is -2.36. The fourth-order valence-electron chi connectivity index (χ4n) is 1.94. The lowest BCUT2D eigenvalue weighted by atomic mass is 10.2. The molecule has 0 heterocycles. The van der Waals surface area contributed by atoms with Crippen LogP contribution in [0, 0.1) is 0 Å². The average Bonchev–Trinajstić information content (AvgIpc) is 2.29. The van der Waals surface area contributed by atoms with Crippen molar-refractivity contribution < 1.29 is 23.2 Å². The second-order valence-corrected chi connectivity index (χ2v) is 14.6. The van der Waals surface area contributed by atoms with E-state index in [1.54, 1.807) is 34.3 Å². The van der Waals surface area contributed by atoms with Crippen molar-refractivity contribution in [1.29, 1.82) is 0 Å². The summed E-state index contributed by atoms with van der Waals surface area (Å²) in [6, 6.07) is 0. The summed E-state index contributed by atoms with van der Waals surface area (Å²) in [5.41, 5.74) is 0.404. The van der Waals surface area contributed by atoms with Crippen LogP contribution in [0.25, 0.3) is 0 Å². The van der Waals surface area contributed by atoms with Gasteiger partial charge in [-0.25, -0.2) is 4.79 Å². The first kappa shape index (κ1) is 17.7. The lowest BCUT2D eigenvalue weighted by molar-refractivity contribution is -0.132. The topological polar surface area (TPSA) is 65.0 Å². The molecule has 0 aromatic rings. The highest BCUT2D eigenvalue weighted by Gasteiger charge is 2.32. The Morgan fingerprint density at radius 2 is 1.61 bits per heavy atom. The van der Waals surface area contributed by atoms with Gasteiger partial charge in [0.05, 0.1) is 0 Å². The summed E-state index contributed by atoms with van der Waals surface area (Å²) in [5, 5.41) is 8.81. The molecule has 1 N–H and O–H groups in total. The number of hydrogen-bond acceptors (Lipinski definition) is 4. The van der Waals surface area contributed by atoms with Gasteiger partial charge in [0.2, 0.25) is 0 Å². The van der Waals surface area contributed by atoms with Crippen molar-refractivity contribution in [2.24, 2.45) is 0 Å². The normalized spacial score (nSPS) is 17.4.